The Balaban J connectivity index is 1.77. The fourth-order valence-electron chi connectivity index (χ4n) is 4.11. The summed E-state index contributed by atoms with van der Waals surface area (Å²) >= 11 is 0. The normalized spacial score (nSPS) is 27.7. The number of hydrogen-bond acceptors (Lipinski definition) is 4. The summed E-state index contributed by atoms with van der Waals surface area (Å²) in [6.07, 6.45) is 0.977. The maximum atomic E-state index is 12.5. The minimum absolute atomic E-state index is 0.0274. The van der Waals surface area contributed by atoms with Crippen molar-refractivity contribution >= 4 is 17.7 Å². The smallest absolute Gasteiger partial charge is 0.407 e. The van der Waals surface area contributed by atoms with Gasteiger partial charge >= 0.3 is 6.09 Å². The van der Waals surface area contributed by atoms with Crippen molar-refractivity contribution in [2.45, 2.75) is 70.1 Å². The number of anilines is 1. The quantitative estimate of drug-likeness (QED) is 0.869. The van der Waals surface area contributed by atoms with Crippen molar-refractivity contribution in [2.75, 3.05) is 11.4 Å². The second-order valence-corrected chi connectivity index (χ2v) is 8.45. The third-order valence-corrected chi connectivity index (χ3v) is 5.13. The van der Waals surface area contributed by atoms with Crippen LogP contribution in [0.2, 0.25) is 0 Å². The first kappa shape index (κ1) is 18.7. The van der Waals surface area contributed by atoms with Crippen LogP contribution >= 0.6 is 0 Å². The summed E-state index contributed by atoms with van der Waals surface area (Å²) in [6.45, 7) is 7.69. The number of piperidine rings is 1. The molecule has 1 aromatic rings. The number of para-hydroxylation sites is 1. The third-order valence-electron chi connectivity index (χ3n) is 5.13. The Morgan fingerprint density at radius 2 is 2.08 bits per heavy atom. The third kappa shape index (κ3) is 3.56. The van der Waals surface area contributed by atoms with E-state index in [4.69, 9.17) is 4.74 Å². The number of ether oxygens (including phenoxy) is 1. The number of alkyl carbamates (subject to hydrolysis) is 1. The van der Waals surface area contributed by atoms with E-state index in [9.17, 15) is 14.7 Å². The summed E-state index contributed by atoms with van der Waals surface area (Å²) in [6, 6.07) is 7.50. The molecule has 0 saturated carbocycles. The van der Waals surface area contributed by atoms with E-state index in [1.165, 1.54) is 0 Å². The predicted octanol–water partition coefficient (Wildman–Crippen LogP) is 2.95. The van der Waals surface area contributed by atoms with Gasteiger partial charge in [0, 0.05) is 24.6 Å². The minimum atomic E-state index is -0.955. The van der Waals surface area contributed by atoms with Gasteiger partial charge < -0.3 is 20.1 Å². The zero-order chi connectivity index (χ0) is 19.1. The summed E-state index contributed by atoms with van der Waals surface area (Å²) in [5.74, 6) is 0.0250. The molecule has 0 spiro atoms. The molecule has 2 heterocycles. The Kier molecular flexibility index (Phi) is 4.73. The molecule has 3 atom stereocenters. The van der Waals surface area contributed by atoms with Gasteiger partial charge in [-0.2, -0.15) is 0 Å². The van der Waals surface area contributed by atoms with Gasteiger partial charge in [0.1, 0.15) is 5.60 Å². The Bertz CT molecular complexity index is 708. The average Bonchev–Trinajstić information content (AvgIpc) is 2.86. The highest BCUT2D eigenvalue weighted by molar-refractivity contribution is 5.98. The molecule has 26 heavy (non-hydrogen) atoms. The molecule has 1 aromatic carbocycles. The fraction of sp³-hybridized carbons (Fsp3) is 0.600. The van der Waals surface area contributed by atoms with Crippen LogP contribution < -0.4 is 10.2 Å². The van der Waals surface area contributed by atoms with Crippen LogP contribution in [0.1, 0.15) is 58.4 Å². The van der Waals surface area contributed by atoms with Crippen LogP contribution in [-0.4, -0.2) is 40.9 Å². The van der Waals surface area contributed by atoms with E-state index in [1.807, 2.05) is 45.0 Å². The van der Waals surface area contributed by atoms with Crippen LogP contribution in [0.15, 0.2) is 24.3 Å². The van der Waals surface area contributed by atoms with Crippen molar-refractivity contribution in [1.82, 2.24) is 5.32 Å². The molecule has 2 amide bonds. The van der Waals surface area contributed by atoms with Crippen LogP contribution in [0, 0.1) is 0 Å². The summed E-state index contributed by atoms with van der Waals surface area (Å²) in [5, 5.41) is 13.7. The Morgan fingerprint density at radius 1 is 1.38 bits per heavy atom. The van der Waals surface area contributed by atoms with Gasteiger partial charge in [0.15, 0.2) is 0 Å². The average molecular weight is 360 g/mol. The summed E-state index contributed by atoms with van der Waals surface area (Å²) in [4.78, 5) is 26.2. The van der Waals surface area contributed by atoms with Gasteiger partial charge in [0.25, 0.3) is 0 Å². The molecule has 2 N–H and O–H groups in total. The SMILES string of the molecule is CC(C)(C)OC(=O)NCC[C@@H]1c2ccccc2N2C(=O)CC[C@](C)(O)[C@@H]12. The van der Waals surface area contributed by atoms with Crippen molar-refractivity contribution in [3.05, 3.63) is 29.8 Å². The molecule has 1 saturated heterocycles. The van der Waals surface area contributed by atoms with Gasteiger partial charge in [-0.05, 0) is 52.2 Å². The van der Waals surface area contributed by atoms with E-state index in [1.54, 1.807) is 11.8 Å². The van der Waals surface area contributed by atoms with E-state index in [0.717, 1.165) is 11.3 Å². The zero-order valence-electron chi connectivity index (χ0n) is 15.9. The predicted molar refractivity (Wildman–Crippen MR) is 99.2 cm³/mol. The molecule has 2 aliphatic rings. The van der Waals surface area contributed by atoms with E-state index in [-0.39, 0.29) is 17.9 Å². The van der Waals surface area contributed by atoms with Crippen LogP contribution in [0.4, 0.5) is 10.5 Å². The van der Waals surface area contributed by atoms with Crippen LogP contribution in [0.5, 0.6) is 0 Å². The number of aliphatic hydroxyl groups is 1. The van der Waals surface area contributed by atoms with Gasteiger partial charge in [-0.25, -0.2) is 4.79 Å². The molecule has 0 aromatic heterocycles. The number of nitrogens with one attached hydrogen (secondary N) is 1. The lowest BCUT2D eigenvalue weighted by Gasteiger charge is -2.43. The van der Waals surface area contributed by atoms with E-state index >= 15 is 0 Å². The summed E-state index contributed by atoms with van der Waals surface area (Å²) in [7, 11) is 0. The molecule has 2 aliphatic heterocycles. The number of nitrogens with zero attached hydrogens (tertiary/aromatic N) is 1. The Labute approximate surface area is 154 Å². The number of fused-ring (bicyclic) bond motifs is 3. The van der Waals surface area contributed by atoms with Crippen molar-refractivity contribution in [3.8, 4) is 0 Å². The molecule has 3 rings (SSSR count). The second-order valence-electron chi connectivity index (χ2n) is 8.45. The van der Waals surface area contributed by atoms with Crippen molar-refractivity contribution in [3.63, 3.8) is 0 Å². The maximum absolute atomic E-state index is 12.5. The highest BCUT2D eigenvalue weighted by Crippen LogP contribution is 2.49. The molecule has 0 bridgehead atoms. The van der Waals surface area contributed by atoms with Gasteiger partial charge in [0.05, 0.1) is 11.6 Å². The zero-order valence-corrected chi connectivity index (χ0v) is 15.9. The second kappa shape index (κ2) is 6.58. The summed E-state index contributed by atoms with van der Waals surface area (Å²) in [5.41, 5.74) is 0.438. The fourth-order valence-corrected chi connectivity index (χ4v) is 4.11. The van der Waals surface area contributed by atoms with Crippen LogP contribution in [-0.2, 0) is 9.53 Å². The number of carbonyl (C=O) groups excluding carboxylic acids is 2. The van der Waals surface area contributed by atoms with E-state index in [2.05, 4.69) is 5.32 Å². The highest BCUT2D eigenvalue weighted by atomic mass is 16.6. The van der Waals surface area contributed by atoms with Crippen molar-refractivity contribution in [2.24, 2.45) is 0 Å². The highest BCUT2D eigenvalue weighted by Gasteiger charge is 2.52. The lowest BCUT2D eigenvalue weighted by Crippen LogP contribution is -2.57. The van der Waals surface area contributed by atoms with Crippen LogP contribution in [0.25, 0.3) is 0 Å². The number of amides is 2. The first-order chi connectivity index (χ1) is 12.1. The Morgan fingerprint density at radius 3 is 2.77 bits per heavy atom. The number of benzene rings is 1. The monoisotopic (exact) mass is 360 g/mol. The maximum Gasteiger partial charge on any atom is 0.407 e. The lowest BCUT2D eigenvalue weighted by atomic mass is 9.78. The molecule has 1 fully saturated rings. The molecule has 6 heteroatoms. The molecule has 0 radical (unpaired) electrons. The number of carbonyl (C=O) groups is 2. The minimum Gasteiger partial charge on any atom is -0.444 e. The van der Waals surface area contributed by atoms with Crippen molar-refractivity contribution < 1.29 is 19.4 Å². The van der Waals surface area contributed by atoms with Gasteiger partial charge in [-0.1, -0.05) is 18.2 Å². The molecule has 0 aliphatic carbocycles. The topological polar surface area (TPSA) is 78.9 Å². The van der Waals surface area contributed by atoms with Crippen molar-refractivity contribution in [1.29, 1.82) is 0 Å². The molecule has 6 nitrogen and oxygen atoms in total. The van der Waals surface area contributed by atoms with Gasteiger partial charge in [-0.3, -0.25) is 4.79 Å². The first-order valence-corrected chi connectivity index (χ1v) is 9.20. The number of rotatable bonds is 3. The molecule has 142 valence electrons. The number of hydrogen-bond donors (Lipinski definition) is 2. The Hall–Kier alpha value is -2.08. The van der Waals surface area contributed by atoms with Crippen LogP contribution in [0.3, 0.4) is 0 Å². The van der Waals surface area contributed by atoms with Gasteiger partial charge in [0.2, 0.25) is 5.91 Å². The largest absolute Gasteiger partial charge is 0.444 e. The van der Waals surface area contributed by atoms with E-state index < -0.39 is 17.3 Å². The van der Waals surface area contributed by atoms with Gasteiger partial charge in [-0.15, -0.1) is 0 Å². The first-order valence-electron chi connectivity index (χ1n) is 9.20. The standard InChI is InChI=1S/C20H28N2O4/c1-19(2,3)26-18(24)21-12-10-14-13-7-5-6-8-15(13)22-16(23)9-11-20(4,25)17(14)22/h5-8,14,17,25H,9-12H2,1-4H3,(H,21,24)/t14-,17-,20+/m1/s1. The molecular weight excluding hydrogens is 332 g/mol. The molecule has 0 unspecified atom stereocenters. The lowest BCUT2D eigenvalue weighted by molar-refractivity contribution is -0.125. The molecular formula is C20H28N2O4. The van der Waals surface area contributed by atoms with E-state index in [0.29, 0.717) is 25.8 Å². The summed E-state index contributed by atoms with van der Waals surface area (Å²) < 4.78 is 5.27.